The smallest absolute Gasteiger partial charge is 0.320 e. The Morgan fingerprint density at radius 3 is 2.12 bits per heavy atom. The zero-order valence-electron chi connectivity index (χ0n) is 15.3. The van der Waals surface area contributed by atoms with E-state index in [1.54, 1.807) is 4.90 Å². The fraction of sp³-hybridized carbons (Fsp3) is 0.842. The van der Waals surface area contributed by atoms with Crippen molar-refractivity contribution in [2.45, 2.75) is 38.5 Å². The molecule has 144 valence electrons. The molecule has 1 unspecified atom stereocenters. The first-order valence-corrected chi connectivity index (χ1v) is 10.1. The van der Waals surface area contributed by atoms with Crippen molar-refractivity contribution in [3.8, 4) is 0 Å². The molecule has 0 aromatic rings. The molecule has 1 saturated carbocycles. The molecule has 3 atom stereocenters. The van der Waals surface area contributed by atoms with Gasteiger partial charge in [0.2, 0.25) is 5.91 Å². The molecule has 4 fully saturated rings. The summed E-state index contributed by atoms with van der Waals surface area (Å²) in [4.78, 5) is 42.7. The minimum atomic E-state index is -0.772. The number of amides is 3. The van der Waals surface area contributed by atoms with Gasteiger partial charge in [0.1, 0.15) is 0 Å². The van der Waals surface area contributed by atoms with Gasteiger partial charge >= 0.3 is 12.0 Å². The lowest BCUT2D eigenvalue weighted by Crippen LogP contribution is -2.50. The molecular formula is C19H29N3O4. The summed E-state index contributed by atoms with van der Waals surface area (Å²) in [5.41, 5.74) is 0. The fourth-order valence-corrected chi connectivity index (χ4v) is 4.99. The van der Waals surface area contributed by atoms with E-state index in [4.69, 9.17) is 0 Å². The monoisotopic (exact) mass is 363 g/mol. The molecule has 3 heterocycles. The minimum Gasteiger partial charge on any atom is -0.481 e. The maximum absolute atomic E-state index is 13.0. The Hall–Kier alpha value is -1.79. The van der Waals surface area contributed by atoms with Crippen LogP contribution in [0.15, 0.2) is 0 Å². The number of carbonyl (C=O) groups is 3. The van der Waals surface area contributed by atoms with E-state index in [2.05, 4.69) is 0 Å². The Labute approximate surface area is 154 Å². The molecule has 1 N–H and O–H groups in total. The average molecular weight is 363 g/mol. The Morgan fingerprint density at radius 1 is 0.769 bits per heavy atom. The summed E-state index contributed by atoms with van der Waals surface area (Å²) in [6, 6.07) is 0.0701. The maximum Gasteiger partial charge on any atom is 0.320 e. The van der Waals surface area contributed by atoms with Crippen molar-refractivity contribution in [2.75, 3.05) is 39.3 Å². The molecule has 1 aliphatic carbocycles. The third kappa shape index (κ3) is 3.40. The number of rotatable bonds is 3. The number of likely N-dealkylation sites (tertiary alicyclic amines) is 3. The lowest BCUT2D eigenvalue weighted by atomic mass is 9.92. The number of carboxylic acid groups (broad SMARTS) is 1. The summed E-state index contributed by atoms with van der Waals surface area (Å²) in [5, 5.41) is 9.51. The van der Waals surface area contributed by atoms with Crippen LogP contribution in [0.3, 0.4) is 0 Å². The lowest BCUT2D eigenvalue weighted by Gasteiger charge is -2.36. The van der Waals surface area contributed by atoms with Crippen molar-refractivity contribution in [1.82, 2.24) is 14.7 Å². The number of hydrogen-bond acceptors (Lipinski definition) is 3. The number of aliphatic carboxylic acids is 1. The molecule has 7 heteroatoms. The summed E-state index contributed by atoms with van der Waals surface area (Å²) < 4.78 is 0. The van der Waals surface area contributed by atoms with Gasteiger partial charge in [0.25, 0.3) is 0 Å². The van der Waals surface area contributed by atoms with Crippen molar-refractivity contribution in [3.63, 3.8) is 0 Å². The van der Waals surface area contributed by atoms with Gasteiger partial charge in [-0.15, -0.1) is 0 Å². The van der Waals surface area contributed by atoms with Crippen molar-refractivity contribution in [1.29, 1.82) is 0 Å². The number of nitrogens with zero attached hydrogens (tertiary/aromatic N) is 3. The largest absolute Gasteiger partial charge is 0.481 e. The summed E-state index contributed by atoms with van der Waals surface area (Å²) in [6.45, 7) is 3.77. The zero-order valence-corrected chi connectivity index (χ0v) is 15.3. The quantitative estimate of drug-likeness (QED) is 0.824. The van der Waals surface area contributed by atoms with Crippen LogP contribution in [0.2, 0.25) is 0 Å². The summed E-state index contributed by atoms with van der Waals surface area (Å²) in [5.74, 6) is -0.721. The Morgan fingerprint density at radius 2 is 1.46 bits per heavy atom. The average Bonchev–Trinajstić information content (AvgIpc) is 3.17. The van der Waals surface area contributed by atoms with Crippen molar-refractivity contribution in [2.24, 2.45) is 23.7 Å². The van der Waals surface area contributed by atoms with Crippen LogP contribution >= 0.6 is 0 Å². The lowest BCUT2D eigenvalue weighted by molar-refractivity contribution is -0.143. The Balaban J connectivity index is 1.38. The van der Waals surface area contributed by atoms with Crippen LogP contribution in [-0.2, 0) is 9.59 Å². The second kappa shape index (κ2) is 7.08. The van der Waals surface area contributed by atoms with Crippen LogP contribution in [-0.4, -0.2) is 77.0 Å². The van der Waals surface area contributed by atoms with E-state index in [1.807, 2.05) is 9.80 Å². The van der Waals surface area contributed by atoms with Gasteiger partial charge in [-0.25, -0.2) is 4.79 Å². The molecule has 0 bridgehead atoms. The first-order valence-electron chi connectivity index (χ1n) is 10.1. The van der Waals surface area contributed by atoms with E-state index in [0.717, 1.165) is 58.2 Å². The van der Waals surface area contributed by atoms with Gasteiger partial charge in [-0.2, -0.15) is 0 Å². The molecule has 0 spiro atoms. The van der Waals surface area contributed by atoms with Gasteiger partial charge in [0.05, 0.1) is 11.8 Å². The van der Waals surface area contributed by atoms with E-state index in [-0.39, 0.29) is 23.8 Å². The third-order valence-electron chi connectivity index (χ3n) is 6.64. The number of carbonyl (C=O) groups excluding carboxylic acids is 2. The third-order valence-corrected chi connectivity index (χ3v) is 6.64. The van der Waals surface area contributed by atoms with Crippen LogP contribution in [0.4, 0.5) is 4.79 Å². The molecule has 0 aromatic carbocycles. The van der Waals surface area contributed by atoms with Gasteiger partial charge < -0.3 is 19.8 Å². The van der Waals surface area contributed by atoms with E-state index < -0.39 is 11.9 Å². The van der Waals surface area contributed by atoms with E-state index in [9.17, 15) is 19.5 Å². The summed E-state index contributed by atoms with van der Waals surface area (Å²) in [6.07, 6.45) is 5.96. The van der Waals surface area contributed by atoms with Crippen LogP contribution in [0.25, 0.3) is 0 Å². The number of hydrogen-bond donors (Lipinski definition) is 1. The van der Waals surface area contributed by atoms with E-state index in [0.29, 0.717) is 25.6 Å². The van der Waals surface area contributed by atoms with Crippen LogP contribution in [0, 0.1) is 23.7 Å². The van der Waals surface area contributed by atoms with Gasteiger partial charge in [-0.05, 0) is 50.4 Å². The predicted molar refractivity (Wildman–Crippen MR) is 94.4 cm³/mol. The highest BCUT2D eigenvalue weighted by Crippen LogP contribution is 2.44. The standard InChI is InChI=1S/C19H29N3O4/c23-17(22-11-15(13-5-6-13)16(12-22)18(24)25)14-4-3-9-21(10-14)19(26)20-7-1-2-8-20/h13-16H,1-12H2,(H,24,25)/t14?,15-,16+/m1/s1. The molecule has 4 aliphatic rings. The first-order chi connectivity index (χ1) is 12.5. The summed E-state index contributed by atoms with van der Waals surface area (Å²) >= 11 is 0. The SMILES string of the molecule is O=C(O)[C@H]1CN(C(=O)C2CCCN(C(=O)N3CCCC3)C2)C[C@@H]1C1CC1. The molecule has 0 radical (unpaired) electrons. The highest BCUT2D eigenvalue weighted by atomic mass is 16.4. The highest BCUT2D eigenvalue weighted by Gasteiger charge is 2.48. The van der Waals surface area contributed by atoms with Crippen LogP contribution < -0.4 is 0 Å². The minimum absolute atomic E-state index is 0.0540. The molecular weight excluding hydrogens is 334 g/mol. The van der Waals surface area contributed by atoms with Crippen LogP contribution in [0.1, 0.15) is 38.5 Å². The van der Waals surface area contributed by atoms with Gasteiger partial charge in [0, 0.05) is 39.3 Å². The van der Waals surface area contributed by atoms with E-state index >= 15 is 0 Å². The molecule has 4 rings (SSSR count). The predicted octanol–water partition coefficient (Wildman–Crippen LogP) is 1.48. The van der Waals surface area contributed by atoms with Crippen molar-refractivity contribution in [3.05, 3.63) is 0 Å². The molecule has 3 saturated heterocycles. The van der Waals surface area contributed by atoms with Crippen LogP contribution in [0.5, 0.6) is 0 Å². The fourth-order valence-electron chi connectivity index (χ4n) is 4.99. The number of piperidine rings is 1. The molecule has 0 aromatic heterocycles. The Bertz CT molecular complexity index is 585. The molecule has 3 amide bonds. The van der Waals surface area contributed by atoms with Gasteiger partial charge in [-0.3, -0.25) is 9.59 Å². The van der Waals surface area contributed by atoms with Gasteiger partial charge in [0.15, 0.2) is 0 Å². The van der Waals surface area contributed by atoms with Gasteiger partial charge in [-0.1, -0.05) is 0 Å². The maximum atomic E-state index is 13.0. The summed E-state index contributed by atoms with van der Waals surface area (Å²) in [7, 11) is 0. The first kappa shape index (κ1) is 17.6. The second-order valence-corrected chi connectivity index (χ2v) is 8.45. The number of carboxylic acids is 1. The van der Waals surface area contributed by atoms with Crippen molar-refractivity contribution < 1.29 is 19.5 Å². The second-order valence-electron chi connectivity index (χ2n) is 8.45. The number of urea groups is 1. The molecule has 7 nitrogen and oxygen atoms in total. The van der Waals surface area contributed by atoms with Crippen molar-refractivity contribution >= 4 is 17.9 Å². The topological polar surface area (TPSA) is 81.2 Å². The van der Waals surface area contributed by atoms with E-state index in [1.165, 1.54) is 0 Å². The molecule has 26 heavy (non-hydrogen) atoms. The Kier molecular flexibility index (Phi) is 4.80. The normalized spacial score (nSPS) is 32.2. The molecule has 3 aliphatic heterocycles. The zero-order chi connectivity index (χ0) is 18.3. The highest BCUT2D eigenvalue weighted by molar-refractivity contribution is 5.82.